The van der Waals surface area contributed by atoms with Crippen LogP contribution in [-0.4, -0.2) is 22.6 Å². The molecule has 1 fully saturated rings. The van der Waals surface area contributed by atoms with E-state index in [0.29, 0.717) is 5.92 Å². The third kappa shape index (κ3) is 2.05. The van der Waals surface area contributed by atoms with E-state index in [2.05, 4.69) is 44.5 Å². The molecule has 0 saturated carbocycles. The summed E-state index contributed by atoms with van der Waals surface area (Å²) in [5, 5.41) is 6.95. The zero-order valence-corrected chi connectivity index (χ0v) is 12.1. The van der Waals surface area contributed by atoms with Gasteiger partial charge in [0.15, 0.2) is 0 Å². The summed E-state index contributed by atoms with van der Waals surface area (Å²) in [7, 11) is 0. The number of thiophene rings is 1. The van der Waals surface area contributed by atoms with Gasteiger partial charge in [0.2, 0.25) is 0 Å². The molecule has 0 aliphatic carbocycles. The molecule has 1 aromatic carbocycles. The van der Waals surface area contributed by atoms with Gasteiger partial charge in [0.25, 0.3) is 0 Å². The first-order valence-corrected chi connectivity index (χ1v) is 8.00. The van der Waals surface area contributed by atoms with Crippen LogP contribution >= 0.6 is 11.3 Å². The minimum Gasteiger partial charge on any atom is -0.316 e. The second-order valence-corrected chi connectivity index (χ2v) is 6.32. The monoisotopic (exact) mass is 283 g/mol. The second-order valence-electron chi connectivity index (χ2n) is 5.37. The quantitative estimate of drug-likeness (QED) is 0.779. The number of imidazole rings is 1. The first-order chi connectivity index (χ1) is 9.92. The smallest absolute Gasteiger partial charge is 0.0994 e. The molecule has 0 amide bonds. The summed E-state index contributed by atoms with van der Waals surface area (Å²) < 4.78 is 3.59. The van der Waals surface area contributed by atoms with Gasteiger partial charge >= 0.3 is 0 Å². The highest BCUT2D eigenvalue weighted by Crippen LogP contribution is 2.28. The third-order valence-corrected chi connectivity index (χ3v) is 4.99. The summed E-state index contributed by atoms with van der Waals surface area (Å²) >= 11 is 1.79. The highest BCUT2D eigenvalue weighted by atomic mass is 32.1. The predicted octanol–water partition coefficient (Wildman–Crippen LogP) is 3.55. The Labute approximate surface area is 122 Å². The lowest BCUT2D eigenvalue weighted by Gasteiger charge is -2.23. The molecule has 3 heterocycles. The van der Waals surface area contributed by atoms with Crippen molar-refractivity contribution < 1.29 is 0 Å². The molecule has 1 N–H and O–H groups in total. The zero-order valence-electron chi connectivity index (χ0n) is 11.2. The van der Waals surface area contributed by atoms with E-state index >= 15 is 0 Å². The van der Waals surface area contributed by atoms with Crippen LogP contribution in [-0.2, 0) is 0 Å². The number of piperidine rings is 1. The molecule has 4 rings (SSSR count). The van der Waals surface area contributed by atoms with Crippen molar-refractivity contribution in [3.8, 4) is 5.69 Å². The van der Waals surface area contributed by atoms with Crippen molar-refractivity contribution in [2.45, 2.75) is 18.8 Å². The van der Waals surface area contributed by atoms with Crippen molar-refractivity contribution in [1.82, 2.24) is 14.9 Å². The molecule has 102 valence electrons. The molecule has 2 aromatic heterocycles. The van der Waals surface area contributed by atoms with Gasteiger partial charge in [-0.3, -0.25) is 0 Å². The summed E-state index contributed by atoms with van der Waals surface area (Å²) in [6.07, 6.45) is 6.46. The largest absolute Gasteiger partial charge is 0.316 e. The van der Waals surface area contributed by atoms with Crippen molar-refractivity contribution in [2.75, 3.05) is 13.1 Å². The van der Waals surface area contributed by atoms with Crippen LogP contribution < -0.4 is 5.32 Å². The lowest BCUT2D eigenvalue weighted by atomic mass is 9.96. The van der Waals surface area contributed by atoms with Crippen LogP contribution in [0.4, 0.5) is 0 Å². The number of rotatable bonds is 2. The van der Waals surface area contributed by atoms with E-state index < -0.39 is 0 Å². The van der Waals surface area contributed by atoms with Gasteiger partial charge in [-0.15, -0.1) is 11.3 Å². The fourth-order valence-electron chi connectivity index (χ4n) is 3.03. The Bertz CT molecular complexity index is 722. The van der Waals surface area contributed by atoms with Crippen LogP contribution in [0.25, 0.3) is 15.8 Å². The maximum atomic E-state index is 4.38. The molecule has 1 atom stereocenters. The summed E-state index contributed by atoms with van der Waals surface area (Å²) in [6.45, 7) is 2.21. The number of fused-ring (bicyclic) bond motifs is 1. The first-order valence-electron chi connectivity index (χ1n) is 7.12. The number of nitrogens with one attached hydrogen (secondary N) is 1. The van der Waals surface area contributed by atoms with E-state index in [1.54, 1.807) is 11.3 Å². The van der Waals surface area contributed by atoms with Crippen LogP contribution in [0.3, 0.4) is 0 Å². The fraction of sp³-hybridized carbons (Fsp3) is 0.312. The summed E-state index contributed by atoms with van der Waals surface area (Å²) in [6, 6.07) is 8.84. The van der Waals surface area contributed by atoms with Gasteiger partial charge in [0.1, 0.15) is 0 Å². The molecule has 4 heteroatoms. The van der Waals surface area contributed by atoms with Crippen molar-refractivity contribution in [2.24, 2.45) is 0 Å². The maximum Gasteiger partial charge on any atom is 0.0994 e. The summed E-state index contributed by atoms with van der Waals surface area (Å²) in [5.41, 5.74) is 2.54. The van der Waals surface area contributed by atoms with E-state index in [-0.39, 0.29) is 0 Å². The van der Waals surface area contributed by atoms with Crippen LogP contribution in [0.15, 0.2) is 42.2 Å². The van der Waals surface area contributed by atoms with Crippen molar-refractivity contribution in [1.29, 1.82) is 0 Å². The highest BCUT2D eigenvalue weighted by Gasteiger charge is 2.19. The van der Waals surface area contributed by atoms with E-state index in [4.69, 9.17) is 0 Å². The summed E-state index contributed by atoms with van der Waals surface area (Å²) in [5.74, 6) is 0.574. The number of benzene rings is 1. The zero-order chi connectivity index (χ0) is 13.4. The molecular weight excluding hydrogens is 266 g/mol. The van der Waals surface area contributed by atoms with E-state index in [9.17, 15) is 0 Å². The molecule has 1 saturated heterocycles. The molecule has 1 unspecified atom stereocenters. The standard InChI is InChI=1S/C16H17N3S/c1-2-13(9-17-6-1)15-10-18-11-19(15)14-3-4-16-12(8-14)5-7-20-16/h3-5,7-8,10-11,13,17H,1-2,6,9H2. The molecule has 3 nitrogen and oxygen atoms in total. The Hall–Kier alpha value is -1.65. The molecule has 20 heavy (non-hydrogen) atoms. The maximum absolute atomic E-state index is 4.38. The van der Waals surface area contributed by atoms with Gasteiger partial charge in [-0.2, -0.15) is 0 Å². The fourth-order valence-corrected chi connectivity index (χ4v) is 3.80. The molecule has 3 aromatic rings. The Balaban J connectivity index is 1.75. The average Bonchev–Trinajstić information content (AvgIpc) is 3.16. The van der Waals surface area contributed by atoms with Gasteiger partial charge in [-0.05, 0) is 54.4 Å². The lowest BCUT2D eigenvalue weighted by molar-refractivity contribution is 0.451. The summed E-state index contributed by atoms with van der Waals surface area (Å²) in [4.78, 5) is 4.38. The van der Waals surface area contributed by atoms with E-state index in [1.165, 1.54) is 34.3 Å². The van der Waals surface area contributed by atoms with Crippen LogP contribution in [0, 0.1) is 0 Å². The molecule has 1 aliphatic rings. The van der Waals surface area contributed by atoms with Gasteiger partial charge < -0.3 is 9.88 Å². The lowest BCUT2D eigenvalue weighted by Crippen LogP contribution is -2.29. The minimum absolute atomic E-state index is 0.574. The molecule has 1 aliphatic heterocycles. The Morgan fingerprint density at radius 2 is 2.30 bits per heavy atom. The third-order valence-electron chi connectivity index (χ3n) is 4.10. The van der Waals surface area contributed by atoms with Crippen molar-refractivity contribution >= 4 is 21.4 Å². The van der Waals surface area contributed by atoms with Crippen molar-refractivity contribution in [3.05, 3.63) is 47.9 Å². The van der Waals surface area contributed by atoms with E-state index in [0.717, 1.165) is 13.1 Å². The SMILES string of the molecule is c1cc2cc(-n3cncc3C3CCCNC3)ccc2s1. The topological polar surface area (TPSA) is 29.9 Å². The van der Waals surface area contributed by atoms with Crippen LogP contribution in [0.2, 0.25) is 0 Å². The Morgan fingerprint density at radius 1 is 1.30 bits per heavy atom. The van der Waals surface area contributed by atoms with Crippen LogP contribution in [0.1, 0.15) is 24.5 Å². The Morgan fingerprint density at radius 3 is 3.20 bits per heavy atom. The number of aromatic nitrogens is 2. The van der Waals surface area contributed by atoms with Gasteiger partial charge in [0, 0.05) is 34.7 Å². The molecule has 0 spiro atoms. The minimum atomic E-state index is 0.574. The number of hydrogen-bond donors (Lipinski definition) is 1. The molecule has 0 bridgehead atoms. The average molecular weight is 283 g/mol. The van der Waals surface area contributed by atoms with Gasteiger partial charge in [-0.1, -0.05) is 0 Å². The van der Waals surface area contributed by atoms with Crippen molar-refractivity contribution in [3.63, 3.8) is 0 Å². The highest BCUT2D eigenvalue weighted by molar-refractivity contribution is 7.17. The predicted molar refractivity (Wildman–Crippen MR) is 83.8 cm³/mol. The Kier molecular flexibility index (Phi) is 3.05. The van der Waals surface area contributed by atoms with Gasteiger partial charge in [0.05, 0.1) is 6.33 Å². The molecule has 0 radical (unpaired) electrons. The second kappa shape index (κ2) is 5.04. The first kappa shape index (κ1) is 12.1. The normalized spacial score (nSPS) is 19.5. The number of nitrogens with zero attached hydrogens (tertiary/aromatic N) is 2. The molecular formula is C16H17N3S. The van der Waals surface area contributed by atoms with E-state index in [1.807, 2.05) is 12.5 Å². The van der Waals surface area contributed by atoms with Crippen LogP contribution in [0.5, 0.6) is 0 Å². The van der Waals surface area contributed by atoms with Gasteiger partial charge in [-0.25, -0.2) is 4.98 Å². The number of hydrogen-bond acceptors (Lipinski definition) is 3.